The first-order chi connectivity index (χ1) is 9.87. The molecule has 1 aliphatic rings. The summed E-state index contributed by atoms with van der Waals surface area (Å²) in [5.74, 6) is 0.339. The molecule has 1 amide bonds. The number of benzene rings is 1. The lowest BCUT2D eigenvalue weighted by atomic mass is 10.0. The molecule has 1 aliphatic heterocycles. The van der Waals surface area contributed by atoms with E-state index in [0.717, 1.165) is 22.6 Å². The average Bonchev–Trinajstić information content (AvgIpc) is 2.44. The Kier molecular flexibility index (Phi) is 5.16. The molecule has 0 fully saturated rings. The minimum absolute atomic E-state index is 0.174. The number of ether oxygens (including phenoxy) is 1. The maximum Gasteiger partial charge on any atom is 0.411 e. The summed E-state index contributed by atoms with van der Waals surface area (Å²) in [4.78, 5) is 13.0. The highest BCUT2D eigenvalue weighted by Gasteiger charge is 2.31. The molecule has 2 rings (SSSR count). The maximum absolute atomic E-state index is 12.1. The smallest absolute Gasteiger partial charge is 0.359 e. The van der Waals surface area contributed by atoms with E-state index in [1.54, 1.807) is 11.8 Å². The molecule has 0 radical (unpaired) electrons. The van der Waals surface area contributed by atoms with Crippen molar-refractivity contribution in [2.75, 3.05) is 12.4 Å². The minimum atomic E-state index is -4.43. The number of amides is 1. The van der Waals surface area contributed by atoms with E-state index < -0.39 is 24.8 Å². The van der Waals surface area contributed by atoms with E-state index in [0.29, 0.717) is 0 Å². The van der Waals surface area contributed by atoms with Crippen LogP contribution in [0.1, 0.15) is 24.9 Å². The number of alkyl halides is 3. The van der Waals surface area contributed by atoms with Crippen LogP contribution in [0.4, 0.5) is 13.2 Å². The van der Waals surface area contributed by atoms with Crippen LogP contribution in [0.5, 0.6) is 0 Å². The zero-order valence-corrected chi connectivity index (χ0v) is 12.3. The summed E-state index contributed by atoms with van der Waals surface area (Å²) < 4.78 is 40.8. The van der Waals surface area contributed by atoms with Crippen LogP contribution in [-0.4, -0.2) is 30.5 Å². The van der Waals surface area contributed by atoms with Gasteiger partial charge in [0.2, 0.25) is 5.91 Å². The van der Waals surface area contributed by atoms with Crippen LogP contribution in [0.25, 0.3) is 0 Å². The zero-order chi connectivity index (χ0) is 15.5. The standard InChI is InChI=1S/C14H16F3NO2S/c1-9(20-8-14(15,16)17)13(19)18-11-6-7-21-12-5-3-2-4-10(11)12/h2-5,9,11H,6-8H2,1H3,(H,18,19)/t9-,11-/m1/s1. The topological polar surface area (TPSA) is 38.3 Å². The summed E-state index contributed by atoms with van der Waals surface area (Å²) in [7, 11) is 0. The number of halogens is 3. The Morgan fingerprint density at radius 2 is 2.19 bits per heavy atom. The Labute approximate surface area is 125 Å². The molecular weight excluding hydrogens is 303 g/mol. The lowest BCUT2D eigenvalue weighted by Gasteiger charge is -2.27. The average molecular weight is 319 g/mol. The van der Waals surface area contributed by atoms with Crippen molar-refractivity contribution >= 4 is 17.7 Å². The van der Waals surface area contributed by atoms with Crippen LogP contribution in [0, 0.1) is 0 Å². The third-order valence-corrected chi connectivity index (χ3v) is 4.26. The summed E-state index contributed by atoms with van der Waals surface area (Å²) in [6, 6.07) is 7.53. The second-order valence-corrected chi connectivity index (χ2v) is 5.94. The number of fused-ring (bicyclic) bond motifs is 1. The van der Waals surface area contributed by atoms with Crippen molar-refractivity contribution in [3.8, 4) is 0 Å². The summed E-state index contributed by atoms with van der Waals surface area (Å²) in [6.07, 6.45) is -4.81. The quantitative estimate of drug-likeness (QED) is 0.925. The molecular formula is C14H16F3NO2S. The number of thioether (sulfide) groups is 1. The largest absolute Gasteiger partial charge is 0.411 e. The van der Waals surface area contributed by atoms with E-state index in [1.807, 2.05) is 24.3 Å². The van der Waals surface area contributed by atoms with Crippen LogP contribution < -0.4 is 5.32 Å². The van der Waals surface area contributed by atoms with Crippen LogP contribution in [-0.2, 0) is 9.53 Å². The molecule has 1 N–H and O–H groups in total. The Morgan fingerprint density at radius 3 is 2.90 bits per heavy atom. The van der Waals surface area contributed by atoms with E-state index in [1.165, 1.54) is 6.92 Å². The summed E-state index contributed by atoms with van der Waals surface area (Å²) in [6.45, 7) is -0.0940. The molecule has 1 aromatic carbocycles. The minimum Gasteiger partial charge on any atom is -0.359 e. The summed E-state index contributed by atoms with van der Waals surface area (Å²) >= 11 is 1.71. The molecule has 1 aromatic rings. The predicted octanol–water partition coefficient (Wildman–Crippen LogP) is 3.31. The van der Waals surface area contributed by atoms with E-state index in [4.69, 9.17) is 0 Å². The molecule has 2 atom stereocenters. The van der Waals surface area contributed by atoms with Crippen molar-refractivity contribution in [1.82, 2.24) is 5.32 Å². The second-order valence-electron chi connectivity index (χ2n) is 4.80. The van der Waals surface area contributed by atoms with Crippen molar-refractivity contribution < 1.29 is 22.7 Å². The van der Waals surface area contributed by atoms with Crippen molar-refractivity contribution in [2.24, 2.45) is 0 Å². The normalized spacial score (nSPS) is 19.7. The highest BCUT2D eigenvalue weighted by Crippen LogP contribution is 2.35. The number of carbonyl (C=O) groups is 1. The van der Waals surface area contributed by atoms with Gasteiger partial charge in [-0.1, -0.05) is 18.2 Å². The fourth-order valence-electron chi connectivity index (χ4n) is 2.08. The van der Waals surface area contributed by atoms with Gasteiger partial charge < -0.3 is 10.1 Å². The first kappa shape index (κ1) is 16.2. The number of nitrogens with one attached hydrogen (secondary N) is 1. The van der Waals surface area contributed by atoms with Gasteiger partial charge in [-0.25, -0.2) is 0 Å². The van der Waals surface area contributed by atoms with Gasteiger partial charge in [0, 0.05) is 10.6 Å². The molecule has 0 bridgehead atoms. The van der Waals surface area contributed by atoms with Gasteiger partial charge in [-0.05, 0) is 25.0 Å². The highest BCUT2D eigenvalue weighted by atomic mass is 32.2. The Morgan fingerprint density at radius 1 is 1.48 bits per heavy atom. The molecule has 0 saturated heterocycles. The summed E-state index contributed by atoms with van der Waals surface area (Å²) in [5, 5.41) is 2.77. The first-order valence-corrected chi connectivity index (χ1v) is 7.56. The molecule has 21 heavy (non-hydrogen) atoms. The van der Waals surface area contributed by atoms with Crippen LogP contribution >= 0.6 is 11.8 Å². The molecule has 0 unspecified atom stereocenters. The van der Waals surface area contributed by atoms with Crippen LogP contribution in [0.2, 0.25) is 0 Å². The first-order valence-electron chi connectivity index (χ1n) is 6.57. The molecule has 7 heteroatoms. The van der Waals surface area contributed by atoms with Gasteiger partial charge in [-0.15, -0.1) is 11.8 Å². The SMILES string of the molecule is C[C@@H](OCC(F)(F)F)C(=O)N[C@@H]1CCSc2ccccc21. The monoisotopic (exact) mass is 319 g/mol. The molecule has 3 nitrogen and oxygen atoms in total. The van der Waals surface area contributed by atoms with Gasteiger partial charge in [0.05, 0.1) is 6.04 Å². The number of hydrogen-bond donors (Lipinski definition) is 1. The molecule has 0 aliphatic carbocycles. The van der Waals surface area contributed by atoms with Gasteiger partial charge >= 0.3 is 6.18 Å². The predicted molar refractivity (Wildman–Crippen MR) is 74.1 cm³/mol. The molecule has 0 spiro atoms. The van der Waals surface area contributed by atoms with E-state index in [9.17, 15) is 18.0 Å². The van der Waals surface area contributed by atoms with Gasteiger partial charge in [-0.2, -0.15) is 13.2 Å². The second kappa shape index (κ2) is 6.70. The van der Waals surface area contributed by atoms with Crippen LogP contribution in [0.15, 0.2) is 29.2 Å². The third kappa shape index (κ3) is 4.64. The summed E-state index contributed by atoms with van der Waals surface area (Å²) in [5.41, 5.74) is 1.00. The zero-order valence-electron chi connectivity index (χ0n) is 11.4. The van der Waals surface area contributed by atoms with E-state index >= 15 is 0 Å². The molecule has 116 valence electrons. The fraction of sp³-hybridized carbons (Fsp3) is 0.500. The number of hydrogen-bond acceptors (Lipinski definition) is 3. The fourth-order valence-corrected chi connectivity index (χ4v) is 3.20. The number of carbonyl (C=O) groups excluding carboxylic acids is 1. The molecule has 0 saturated carbocycles. The van der Waals surface area contributed by atoms with E-state index in [2.05, 4.69) is 10.1 Å². The van der Waals surface area contributed by atoms with Crippen molar-refractivity contribution in [2.45, 2.75) is 36.6 Å². The van der Waals surface area contributed by atoms with Crippen molar-refractivity contribution in [3.63, 3.8) is 0 Å². The Hall–Kier alpha value is -1.21. The van der Waals surface area contributed by atoms with Crippen LogP contribution in [0.3, 0.4) is 0 Å². The van der Waals surface area contributed by atoms with Crippen molar-refractivity contribution in [1.29, 1.82) is 0 Å². The third-order valence-electron chi connectivity index (χ3n) is 3.14. The van der Waals surface area contributed by atoms with E-state index in [-0.39, 0.29) is 6.04 Å². The lowest BCUT2D eigenvalue weighted by Crippen LogP contribution is -2.39. The number of rotatable bonds is 4. The van der Waals surface area contributed by atoms with Crippen molar-refractivity contribution in [3.05, 3.63) is 29.8 Å². The Balaban J connectivity index is 1.94. The van der Waals surface area contributed by atoms with Gasteiger partial charge in [-0.3, -0.25) is 4.79 Å². The lowest BCUT2D eigenvalue weighted by molar-refractivity contribution is -0.185. The molecule has 0 aromatic heterocycles. The molecule has 1 heterocycles. The van der Waals surface area contributed by atoms with Gasteiger partial charge in [0.15, 0.2) is 0 Å². The maximum atomic E-state index is 12.1. The Bertz CT molecular complexity index is 507. The van der Waals surface area contributed by atoms with Gasteiger partial charge in [0.25, 0.3) is 0 Å². The van der Waals surface area contributed by atoms with Gasteiger partial charge in [0.1, 0.15) is 12.7 Å². The highest BCUT2D eigenvalue weighted by molar-refractivity contribution is 7.99.